The van der Waals surface area contributed by atoms with Gasteiger partial charge in [-0.15, -0.1) is 0 Å². The van der Waals surface area contributed by atoms with Crippen molar-refractivity contribution >= 4 is 38.4 Å². The molecule has 0 aromatic heterocycles. The Morgan fingerprint density at radius 2 is 1.73 bits per heavy atom. The van der Waals surface area contributed by atoms with Gasteiger partial charge in [-0.2, -0.15) is 5.26 Å². The fourth-order valence-electron chi connectivity index (χ4n) is 3.61. The first-order valence-electron chi connectivity index (χ1n) is 10.5. The SMILES string of the molecule is CCOc1cc(/C=C(/C#N)c2cccc(F)c2)c(Br)cc1OCc1cccc2ccccc12. The predicted molar refractivity (Wildman–Crippen MR) is 133 cm³/mol. The molecule has 0 atom stereocenters. The van der Waals surface area contributed by atoms with E-state index >= 15 is 0 Å². The van der Waals surface area contributed by atoms with Crippen molar-refractivity contribution in [3.8, 4) is 17.6 Å². The van der Waals surface area contributed by atoms with Gasteiger partial charge < -0.3 is 9.47 Å². The minimum Gasteiger partial charge on any atom is -0.490 e. The van der Waals surface area contributed by atoms with Crippen molar-refractivity contribution in [1.29, 1.82) is 5.26 Å². The molecule has 4 aromatic carbocycles. The summed E-state index contributed by atoms with van der Waals surface area (Å²) >= 11 is 3.58. The molecule has 164 valence electrons. The van der Waals surface area contributed by atoms with Gasteiger partial charge in [0.25, 0.3) is 0 Å². The molecule has 4 rings (SSSR count). The number of nitrogens with zero attached hydrogens (tertiary/aromatic N) is 1. The number of fused-ring (bicyclic) bond motifs is 1. The summed E-state index contributed by atoms with van der Waals surface area (Å²) in [7, 11) is 0. The highest BCUT2D eigenvalue weighted by Crippen LogP contribution is 2.36. The summed E-state index contributed by atoms with van der Waals surface area (Å²) in [5, 5.41) is 11.9. The molecule has 0 spiro atoms. The van der Waals surface area contributed by atoms with Gasteiger partial charge in [0, 0.05) is 4.47 Å². The highest BCUT2D eigenvalue weighted by Gasteiger charge is 2.13. The van der Waals surface area contributed by atoms with E-state index in [2.05, 4.69) is 40.2 Å². The molecule has 4 aromatic rings. The summed E-state index contributed by atoms with van der Waals surface area (Å²) in [6, 6.07) is 26.1. The summed E-state index contributed by atoms with van der Waals surface area (Å²) in [5.41, 5.74) is 2.67. The van der Waals surface area contributed by atoms with Gasteiger partial charge in [0.1, 0.15) is 12.4 Å². The third-order valence-electron chi connectivity index (χ3n) is 5.18. The number of nitriles is 1. The van der Waals surface area contributed by atoms with E-state index in [1.54, 1.807) is 18.2 Å². The second kappa shape index (κ2) is 10.3. The van der Waals surface area contributed by atoms with Gasteiger partial charge >= 0.3 is 0 Å². The van der Waals surface area contributed by atoms with Crippen LogP contribution < -0.4 is 9.47 Å². The smallest absolute Gasteiger partial charge is 0.162 e. The van der Waals surface area contributed by atoms with Crippen LogP contribution in [0, 0.1) is 17.1 Å². The van der Waals surface area contributed by atoms with Crippen LogP contribution >= 0.6 is 15.9 Å². The number of allylic oxidation sites excluding steroid dienone is 1. The van der Waals surface area contributed by atoms with Gasteiger partial charge in [-0.1, -0.05) is 70.5 Å². The quantitative estimate of drug-likeness (QED) is 0.191. The molecule has 0 amide bonds. The van der Waals surface area contributed by atoms with E-state index in [1.807, 2.05) is 43.3 Å². The Kier molecular flexibility index (Phi) is 7.07. The largest absolute Gasteiger partial charge is 0.490 e. The molecule has 0 aliphatic heterocycles. The first-order chi connectivity index (χ1) is 16.1. The van der Waals surface area contributed by atoms with Crippen molar-refractivity contribution in [2.24, 2.45) is 0 Å². The molecule has 0 aliphatic rings. The second-order valence-electron chi connectivity index (χ2n) is 7.36. The lowest BCUT2D eigenvalue weighted by atomic mass is 10.0. The van der Waals surface area contributed by atoms with Crippen LogP contribution in [0.25, 0.3) is 22.4 Å². The van der Waals surface area contributed by atoms with Crippen molar-refractivity contribution in [1.82, 2.24) is 0 Å². The van der Waals surface area contributed by atoms with Gasteiger partial charge in [0.05, 0.1) is 18.2 Å². The highest BCUT2D eigenvalue weighted by atomic mass is 79.9. The number of halogens is 2. The number of hydrogen-bond acceptors (Lipinski definition) is 3. The van der Waals surface area contributed by atoms with Gasteiger partial charge in [-0.25, -0.2) is 4.39 Å². The number of ether oxygens (including phenoxy) is 2. The zero-order chi connectivity index (χ0) is 23.2. The van der Waals surface area contributed by atoms with E-state index < -0.39 is 0 Å². The first-order valence-corrected chi connectivity index (χ1v) is 11.3. The Balaban J connectivity index is 1.66. The predicted octanol–water partition coefficient (Wildman–Crippen LogP) is 7.78. The van der Waals surface area contributed by atoms with Crippen LogP contribution in [-0.2, 0) is 6.61 Å². The molecule has 0 heterocycles. The van der Waals surface area contributed by atoms with E-state index in [4.69, 9.17) is 9.47 Å². The molecule has 5 heteroatoms. The lowest BCUT2D eigenvalue weighted by Crippen LogP contribution is -2.01. The zero-order valence-corrected chi connectivity index (χ0v) is 19.6. The minimum atomic E-state index is -0.389. The fourth-order valence-corrected chi connectivity index (χ4v) is 4.04. The van der Waals surface area contributed by atoms with Crippen LogP contribution in [0.2, 0.25) is 0 Å². The van der Waals surface area contributed by atoms with Crippen LogP contribution in [0.15, 0.2) is 83.3 Å². The highest BCUT2D eigenvalue weighted by molar-refractivity contribution is 9.10. The molecule has 0 bridgehead atoms. The van der Waals surface area contributed by atoms with Crippen LogP contribution in [0.1, 0.15) is 23.6 Å². The molecular formula is C28H21BrFNO2. The molecule has 0 saturated carbocycles. The monoisotopic (exact) mass is 501 g/mol. The minimum absolute atomic E-state index is 0.349. The summed E-state index contributed by atoms with van der Waals surface area (Å²) in [6.07, 6.45) is 1.70. The van der Waals surface area contributed by atoms with Crippen LogP contribution in [0.3, 0.4) is 0 Å². The standard InChI is InChI=1S/C28H21BrFNO2/c1-2-32-27-15-22(13-23(17-31)20-9-6-11-24(30)14-20)26(29)16-28(27)33-18-21-10-5-8-19-7-3-4-12-25(19)21/h3-16H,2,18H2,1H3/b23-13-. The second-order valence-corrected chi connectivity index (χ2v) is 8.21. The van der Waals surface area contributed by atoms with Crippen molar-refractivity contribution in [3.63, 3.8) is 0 Å². The third kappa shape index (κ3) is 5.24. The van der Waals surface area contributed by atoms with E-state index in [1.165, 1.54) is 12.1 Å². The zero-order valence-electron chi connectivity index (χ0n) is 18.0. The van der Waals surface area contributed by atoms with Gasteiger partial charge in [0.2, 0.25) is 0 Å². The molecule has 33 heavy (non-hydrogen) atoms. The lowest BCUT2D eigenvalue weighted by Gasteiger charge is -2.15. The fraction of sp³-hybridized carbons (Fsp3) is 0.107. The first kappa shape index (κ1) is 22.6. The Morgan fingerprint density at radius 3 is 2.52 bits per heavy atom. The van der Waals surface area contributed by atoms with Crippen LogP contribution in [0.4, 0.5) is 4.39 Å². The molecule has 0 saturated heterocycles. The Morgan fingerprint density at radius 1 is 0.970 bits per heavy atom. The lowest BCUT2D eigenvalue weighted by molar-refractivity contribution is 0.270. The molecule has 0 radical (unpaired) electrons. The summed E-state index contributed by atoms with van der Waals surface area (Å²) < 4.78 is 26.4. The number of benzene rings is 4. The number of hydrogen-bond donors (Lipinski definition) is 0. The summed E-state index contributed by atoms with van der Waals surface area (Å²) in [5.74, 6) is 0.779. The van der Waals surface area contributed by atoms with Gasteiger partial charge in [0.15, 0.2) is 11.5 Å². The molecule has 0 aliphatic carbocycles. The van der Waals surface area contributed by atoms with Crippen LogP contribution in [-0.4, -0.2) is 6.61 Å². The maximum atomic E-state index is 13.6. The molecular weight excluding hydrogens is 481 g/mol. The summed E-state index contributed by atoms with van der Waals surface area (Å²) in [6.45, 7) is 2.75. The van der Waals surface area contributed by atoms with E-state index in [-0.39, 0.29) is 5.82 Å². The van der Waals surface area contributed by atoms with Gasteiger partial charge in [-0.05, 0) is 64.7 Å². The van der Waals surface area contributed by atoms with Crippen molar-refractivity contribution in [2.75, 3.05) is 6.61 Å². The average Bonchev–Trinajstić information content (AvgIpc) is 2.83. The maximum absolute atomic E-state index is 13.6. The third-order valence-corrected chi connectivity index (χ3v) is 5.87. The normalized spacial score (nSPS) is 11.3. The number of rotatable bonds is 7. The molecule has 3 nitrogen and oxygen atoms in total. The molecule has 0 fully saturated rings. The van der Waals surface area contributed by atoms with Crippen LogP contribution in [0.5, 0.6) is 11.5 Å². The van der Waals surface area contributed by atoms with Crippen molar-refractivity contribution < 1.29 is 13.9 Å². The topological polar surface area (TPSA) is 42.2 Å². The summed E-state index contributed by atoms with van der Waals surface area (Å²) in [4.78, 5) is 0. The Bertz CT molecular complexity index is 1370. The van der Waals surface area contributed by atoms with Crippen molar-refractivity contribution in [2.45, 2.75) is 13.5 Å². The van der Waals surface area contributed by atoms with Crippen molar-refractivity contribution in [3.05, 3.63) is 106 Å². The Labute approximate surface area is 200 Å². The van der Waals surface area contributed by atoms with E-state index in [0.29, 0.717) is 35.8 Å². The molecule has 0 unspecified atom stereocenters. The van der Waals surface area contributed by atoms with E-state index in [9.17, 15) is 9.65 Å². The molecule has 0 N–H and O–H groups in total. The Hall–Kier alpha value is -3.62. The average molecular weight is 502 g/mol. The maximum Gasteiger partial charge on any atom is 0.162 e. The van der Waals surface area contributed by atoms with Gasteiger partial charge in [-0.3, -0.25) is 0 Å². The van der Waals surface area contributed by atoms with E-state index in [0.717, 1.165) is 26.4 Å².